The standard InChI is InChI=1S/C13H14N2O5/c16-11(17)5-10(12(18)19)14-13(20)15-6-8-3-1-2-4-9(8)7-15/h1-4,10H,5-7H2,(H,14,20)(H,16,17)(H,18,19)/t10-/m0/s1. The molecular formula is C13H14N2O5. The SMILES string of the molecule is O=C(O)C[C@H](NC(=O)N1Cc2ccccc2C1)C(=O)O. The zero-order valence-electron chi connectivity index (χ0n) is 10.6. The molecule has 20 heavy (non-hydrogen) atoms. The van der Waals surface area contributed by atoms with Gasteiger partial charge in [-0.2, -0.15) is 0 Å². The number of carboxylic acids is 2. The van der Waals surface area contributed by atoms with Crippen molar-refractivity contribution in [2.24, 2.45) is 0 Å². The van der Waals surface area contributed by atoms with Crippen LogP contribution in [0.15, 0.2) is 24.3 Å². The number of fused-ring (bicyclic) bond motifs is 1. The number of hydrogen-bond acceptors (Lipinski definition) is 3. The number of carbonyl (C=O) groups is 3. The fraction of sp³-hybridized carbons (Fsp3) is 0.308. The number of urea groups is 1. The van der Waals surface area contributed by atoms with Gasteiger partial charge in [0.15, 0.2) is 0 Å². The van der Waals surface area contributed by atoms with E-state index in [-0.39, 0.29) is 0 Å². The van der Waals surface area contributed by atoms with Crippen LogP contribution in [0.2, 0.25) is 0 Å². The van der Waals surface area contributed by atoms with E-state index in [9.17, 15) is 14.4 Å². The summed E-state index contributed by atoms with van der Waals surface area (Å²) in [4.78, 5) is 34.9. The molecule has 0 spiro atoms. The van der Waals surface area contributed by atoms with Gasteiger partial charge in [0.05, 0.1) is 6.42 Å². The Labute approximate surface area is 114 Å². The molecule has 1 atom stereocenters. The summed E-state index contributed by atoms with van der Waals surface area (Å²) in [5, 5.41) is 19.7. The van der Waals surface area contributed by atoms with Crippen molar-refractivity contribution in [2.75, 3.05) is 0 Å². The second-order valence-electron chi connectivity index (χ2n) is 4.56. The largest absolute Gasteiger partial charge is 0.481 e. The summed E-state index contributed by atoms with van der Waals surface area (Å²) >= 11 is 0. The van der Waals surface area contributed by atoms with Gasteiger partial charge in [-0.25, -0.2) is 9.59 Å². The molecule has 7 nitrogen and oxygen atoms in total. The first-order valence-corrected chi connectivity index (χ1v) is 6.04. The lowest BCUT2D eigenvalue weighted by Gasteiger charge is -2.19. The van der Waals surface area contributed by atoms with Gasteiger partial charge in [-0.3, -0.25) is 4.79 Å². The number of aliphatic carboxylic acids is 2. The highest BCUT2D eigenvalue weighted by atomic mass is 16.4. The van der Waals surface area contributed by atoms with Gasteiger partial charge < -0.3 is 20.4 Å². The van der Waals surface area contributed by atoms with Crippen molar-refractivity contribution in [3.05, 3.63) is 35.4 Å². The molecule has 106 valence electrons. The monoisotopic (exact) mass is 278 g/mol. The van der Waals surface area contributed by atoms with Crippen LogP contribution in [0.3, 0.4) is 0 Å². The van der Waals surface area contributed by atoms with Crippen molar-refractivity contribution in [3.8, 4) is 0 Å². The van der Waals surface area contributed by atoms with Crippen LogP contribution >= 0.6 is 0 Å². The summed E-state index contributed by atoms with van der Waals surface area (Å²) in [6.07, 6.45) is -0.651. The second-order valence-corrected chi connectivity index (χ2v) is 4.56. The van der Waals surface area contributed by atoms with Crippen molar-refractivity contribution >= 4 is 18.0 Å². The Morgan fingerprint density at radius 1 is 1.15 bits per heavy atom. The Morgan fingerprint density at radius 3 is 2.15 bits per heavy atom. The molecular weight excluding hydrogens is 264 g/mol. The molecule has 0 fully saturated rings. The van der Waals surface area contributed by atoms with Crippen molar-refractivity contribution in [1.82, 2.24) is 10.2 Å². The first-order chi connectivity index (χ1) is 9.47. The van der Waals surface area contributed by atoms with Gasteiger partial charge in [0.1, 0.15) is 6.04 Å². The van der Waals surface area contributed by atoms with Crippen LogP contribution in [0.25, 0.3) is 0 Å². The summed E-state index contributed by atoms with van der Waals surface area (Å²) in [5.74, 6) is -2.64. The van der Waals surface area contributed by atoms with E-state index in [4.69, 9.17) is 10.2 Å². The van der Waals surface area contributed by atoms with Crippen LogP contribution < -0.4 is 5.32 Å². The van der Waals surface area contributed by atoms with Gasteiger partial charge in [0.2, 0.25) is 0 Å². The predicted molar refractivity (Wildman–Crippen MR) is 67.9 cm³/mol. The molecule has 0 radical (unpaired) electrons. The van der Waals surface area contributed by atoms with E-state index >= 15 is 0 Å². The number of carbonyl (C=O) groups excluding carboxylic acids is 1. The van der Waals surface area contributed by atoms with E-state index in [1.54, 1.807) is 0 Å². The van der Waals surface area contributed by atoms with Gasteiger partial charge in [-0.05, 0) is 11.1 Å². The number of nitrogens with zero attached hydrogens (tertiary/aromatic N) is 1. The molecule has 1 aromatic carbocycles. The minimum absolute atomic E-state index is 0.390. The molecule has 7 heteroatoms. The van der Waals surface area contributed by atoms with Crippen LogP contribution in [-0.2, 0) is 22.7 Å². The molecule has 2 rings (SSSR count). The van der Waals surface area contributed by atoms with E-state index in [2.05, 4.69) is 5.32 Å². The maximum absolute atomic E-state index is 12.0. The van der Waals surface area contributed by atoms with Crippen molar-refractivity contribution in [1.29, 1.82) is 0 Å². The second kappa shape index (κ2) is 5.60. The molecule has 0 saturated heterocycles. The highest BCUT2D eigenvalue weighted by Crippen LogP contribution is 2.22. The molecule has 0 aromatic heterocycles. The average Bonchev–Trinajstić information content (AvgIpc) is 2.81. The van der Waals surface area contributed by atoms with Gasteiger partial charge in [0.25, 0.3) is 0 Å². The molecule has 1 heterocycles. The van der Waals surface area contributed by atoms with Crippen LogP contribution in [0.5, 0.6) is 0 Å². The van der Waals surface area contributed by atoms with Crippen molar-refractivity contribution in [2.45, 2.75) is 25.6 Å². The average molecular weight is 278 g/mol. The number of nitrogens with one attached hydrogen (secondary N) is 1. The zero-order chi connectivity index (χ0) is 14.7. The fourth-order valence-electron chi connectivity index (χ4n) is 2.09. The summed E-state index contributed by atoms with van der Waals surface area (Å²) < 4.78 is 0. The van der Waals surface area contributed by atoms with E-state index < -0.39 is 30.4 Å². The Hall–Kier alpha value is -2.57. The lowest BCUT2D eigenvalue weighted by atomic mass is 10.1. The molecule has 1 aliphatic heterocycles. The summed E-state index contributed by atoms with van der Waals surface area (Å²) in [6, 6.07) is 5.52. The summed E-state index contributed by atoms with van der Waals surface area (Å²) in [7, 11) is 0. The number of hydrogen-bond donors (Lipinski definition) is 3. The van der Waals surface area contributed by atoms with Crippen LogP contribution in [0.4, 0.5) is 4.79 Å². The van der Waals surface area contributed by atoms with Gasteiger partial charge in [0, 0.05) is 13.1 Å². The smallest absolute Gasteiger partial charge is 0.326 e. The third kappa shape index (κ3) is 3.05. The maximum Gasteiger partial charge on any atom is 0.326 e. The topological polar surface area (TPSA) is 107 Å². The highest BCUT2D eigenvalue weighted by molar-refractivity contribution is 5.86. The molecule has 3 N–H and O–H groups in total. The van der Waals surface area contributed by atoms with Crippen LogP contribution in [0.1, 0.15) is 17.5 Å². The Kier molecular flexibility index (Phi) is 3.88. The summed E-state index contributed by atoms with van der Waals surface area (Å²) in [6.45, 7) is 0.781. The Balaban J connectivity index is 1.99. The number of rotatable bonds is 4. The number of benzene rings is 1. The van der Waals surface area contributed by atoms with E-state index in [1.165, 1.54) is 4.90 Å². The third-order valence-electron chi connectivity index (χ3n) is 3.10. The first-order valence-electron chi connectivity index (χ1n) is 6.04. The molecule has 0 bridgehead atoms. The maximum atomic E-state index is 12.0. The first kappa shape index (κ1) is 13.9. The highest BCUT2D eigenvalue weighted by Gasteiger charge is 2.28. The van der Waals surface area contributed by atoms with E-state index in [1.807, 2.05) is 24.3 Å². The Bertz CT molecular complexity index is 532. The fourth-order valence-corrected chi connectivity index (χ4v) is 2.09. The molecule has 0 aliphatic carbocycles. The number of carboxylic acid groups (broad SMARTS) is 2. The number of amides is 2. The summed E-state index contributed by atoms with van der Waals surface area (Å²) in [5.41, 5.74) is 2.01. The van der Waals surface area contributed by atoms with E-state index in [0.717, 1.165) is 11.1 Å². The predicted octanol–water partition coefficient (Wildman–Crippen LogP) is 0.640. The van der Waals surface area contributed by atoms with Gasteiger partial charge in [-0.15, -0.1) is 0 Å². The lowest BCUT2D eigenvalue weighted by Crippen LogP contribution is -2.47. The lowest BCUT2D eigenvalue weighted by molar-refractivity contribution is -0.145. The minimum atomic E-state index is -1.43. The third-order valence-corrected chi connectivity index (χ3v) is 3.10. The van der Waals surface area contributed by atoms with Crippen LogP contribution in [-0.4, -0.2) is 39.1 Å². The van der Waals surface area contributed by atoms with Crippen LogP contribution in [0, 0.1) is 0 Å². The quantitative estimate of drug-likeness (QED) is 0.749. The molecule has 0 unspecified atom stereocenters. The van der Waals surface area contributed by atoms with Gasteiger partial charge >= 0.3 is 18.0 Å². The molecule has 1 aromatic rings. The van der Waals surface area contributed by atoms with Crippen molar-refractivity contribution < 1.29 is 24.6 Å². The molecule has 0 saturated carbocycles. The molecule has 2 amide bonds. The minimum Gasteiger partial charge on any atom is -0.481 e. The normalized spacial score (nSPS) is 14.5. The Morgan fingerprint density at radius 2 is 1.70 bits per heavy atom. The zero-order valence-corrected chi connectivity index (χ0v) is 10.6. The van der Waals surface area contributed by atoms with Gasteiger partial charge in [-0.1, -0.05) is 24.3 Å². The molecule has 1 aliphatic rings. The van der Waals surface area contributed by atoms with E-state index in [0.29, 0.717) is 13.1 Å². The van der Waals surface area contributed by atoms with Crippen molar-refractivity contribution in [3.63, 3.8) is 0 Å².